The Labute approximate surface area is 131 Å². The minimum absolute atomic E-state index is 0.535. The molecule has 0 spiro atoms. The molecule has 2 aliphatic heterocycles. The van der Waals surface area contributed by atoms with E-state index in [1.807, 2.05) is 0 Å². The third-order valence-electron chi connectivity index (χ3n) is 3.98. The molecule has 6 N–H and O–H groups in total. The Hall–Kier alpha value is -0.0700. The van der Waals surface area contributed by atoms with Crippen LogP contribution < -0.4 is 0 Å². The van der Waals surface area contributed by atoms with Crippen LogP contribution in [0.1, 0.15) is 6.92 Å². The molecule has 0 aromatic rings. The topological polar surface area (TPSA) is 149 Å². The summed E-state index contributed by atoms with van der Waals surface area (Å²) in [7, 11) is 0. The highest BCUT2D eigenvalue weighted by Gasteiger charge is 2.57. The van der Waals surface area contributed by atoms with Crippen LogP contribution in [0.3, 0.4) is 0 Å². The Morgan fingerprint density at radius 2 is 1.73 bits per heavy atom. The zero-order chi connectivity index (χ0) is 16.7. The summed E-state index contributed by atoms with van der Waals surface area (Å²) < 4.78 is 15.8. The van der Waals surface area contributed by atoms with Crippen molar-refractivity contribution < 1.29 is 44.8 Å². The fourth-order valence-electron chi connectivity index (χ4n) is 2.57. The summed E-state index contributed by atoms with van der Waals surface area (Å²) in [6.07, 6.45) is -9.36. The van der Waals surface area contributed by atoms with E-state index < -0.39 is 67.3 Å². The first-order chi connectivity index (χ1) is 10.3. The number of aliphatic hydroxyl groups is 6. The molecule has 22 heavy (non-hydrogen) atoms. The van der Waals surface area contributed by atoms with Crippen molar-refractivity contribution in [2.45, 2.75) is 61.0 Å². The van der Waals surface area contributed by atoms with Crippen LogP contribution in [0.4, 0.5) is 0 Å². The van der Waals surface area contributed by atoms with E-state index in [2.05, 4.69) is 0 Å². The van der Waals surface area contributed by atoms with Gasteiger partial charge < -0.3 is 44.8 Å². The molecule has 0 aliphatic carbocycles. The first-order valence-corrected chi connectivity index (χ1v) is 7.30. The third-order valence-corrected chi connectivity index (χ3v) is 4.51. The molecule has 9 nitrogen and oxygen atoms in total. The molecule has 0 aromatic heterocycles. The number of hydrogen-bond donors (Lipinski definition) is 6. The average Bonchev–Trinajstić information content (AvgIpc) is 2.72. The lowest BCUT2D eigenvalue weighted by atomic mass is 10.0. The Bertz CT molecular complexity index is 384. The van der Waals surface area contributed by atoms with Crippen molar-refractivity contribution in [3.05, 3.63) is 0 Å². The standard InChI is InChI=1S/C12H21ClO9/c1-4-7(16)10(19)12(3-15,21-4)22-11-9(18)8(17)6(13)5(2-14)20-11/h4-11,14-19H,2-3H2,1H3/t4-,5-,6+,7-,8+,9-,10+,11-,12-/m1/s1. The Kier molecular flexibility index (Phi) is 5.66. The van der Waals surface area contributed by atoms with Crippen molar-refractivity contribution in [1.82, 2.24) is 0 Å². The van der Waals surface area contributed by atoms with Crippen LogP contribution in [0.25, 0.3) is 0 Å². The molecule has 0 saturated carbocycles. The average molecular weight is 345 g/mol. The summed E-state index contributed by atoms with van der Waals surface area (Å²) in [5, 5.41) is 57.1. The van der Waals surface area contributed by atoms with Gasteiger partial charge in [0.05, 0.1) is 18.1 Å². The summed E-state index contributed by atoms with van der Waals surface area (Å²) in [5.41, 5.74) is 0. The Balaban J connectivity index is 2.17. The highest BCUT2D eigenvalue weighted by atomic mass is 35.5. The lowest BCUT2D eigenvalue weighted by Gasteiger charge is -2.43. The lowest BCUT2D eigenvalue weighted by molar-refractivity contribution is -0.371. The highest BCUT2D eigenvalue weighted by Crippen LogP contribution is 2.36. The van der Waals surface area contributed by atoms with Crippen molar-refractivity contribution >= 4 is 11.6 Å². The quantitative estimate of drug-likeness (QED) is 0.291. The first kappa shape index (κ1) is 18.3. The van der Waals surface area contributed by atoms with Crippen LogP contribution in [-0.4, -0.2) is 97.9 Å². The highest BCUT2D eigenvalue weighted by molar-refractivity contribution is 6.21. The minimum atomic E-state index is -2.02. The summed E-state index contributed by atoms with van der Waals surface area (Å²) in [5.74, 6) is -2.02. The predicted octanol–water partition coefficient (Wildman–Crippen LogP) is -3.12. The van der Waals surface area contributed by atoms with Crippen LogP contribution in [0.5, 0.6) is 0 Å². The maximum atomic E-state index is 10.0. The molecule has 2 rings (SSSR count). The van der Waals surface area contributed by atoms with Gasteiger partial charge in [-0.3, -0.25) is 0 Å². The molecular weight excluding hydrogens is 324 g/mol. The number of halogens is 1. The molecule has 0 bridgehead atoms. The fourth-order valence-corrected chi connectivity index (χ4v) is 2.86. The zero-order valence-electron chi connectivity index (χ0n) is 11.8. The number of hydrogen-bond acceptors (Lipinski definition) is 9. The molecule has 0 radical (unpaired) electrons. The molecule has 0 aromatic carbocycles. The van der Waals surface area contributed by atoms with E-state index in [1.54, 1.807) is 0 Å². The smallest absolute Gasteiger partial charge is 0.223 e. The predicted molar refractivity (Wildman–Crippen MR) is 70.9 cm³/mol. The molecule has 9 atom stereocenters. The second-order valence-electron chi connectivity index (χ2n) is 5.50. The maximum Gasteiger partial charge on any atom is 0.223 e. The first-order valence-electron chi connectivity index (χ1n) is 6.86. The summed E-state index contributed by atoms with van der Waals surface area (Å²) >= 11 is 5.83. The van der Waals surface area contributed by atoms with Gasteiger partial charge in [-0.05, 0) is 6.92 Å². The van der Waals surface area contributed by atoms with Gasteiger partial charge in [0.25, 0.3) is 0 Å². The van der Waals surface area contributed by atoms with Gasteiger partial charge in [-0.2, -0.15) is 0 Å². The monoisotopic (exact) mass is 344 g/mol. The second kappa shape index (κ2) is 6.81. The van der Waals surface area contributed by atoms with Gasteiger partial charge in [0, 0.05) is 0 Å². The van der Waals surface area contributed by atoms with Gasteiger partial charge in [-0.1, -0.05) is 0 Å². The fraction of sp³-hybridized carbons (Fsp3) is 1.00. The van der Waals surface area contributed by atoms with Gasteiger partial charge in [0.2, 0.25) is 5.79 Å². The van der Waals surface area contributed by atoms with E-state index in [-0.39, 0.29) is 0 Å². The van der Waals surface area contributed by atoms with Crippen LogP contribution in [0.15, 0.2) is 0 Å². The van der Waals surface area contributed by atoms with Crippen molar-refractivity contribution in [1.29, 1.82) is 0 Å². The van der Waals surface area contributed by atoms with Gasteiger partial charge >= 0.3 is 0 Å². The van der Waals surface area contributed by atoms with E-state index in [9.17, 15) is 30.6 Å². The Morgan fingerprint density at radius 3 is 2.18 bits per heavy atom. The number of ether oxygens (including phenoxy) is 3. The van der Waals surface area contributed by atoms with E-state index in [0.29, 0.717) is 0 Å². The molecule has 0 amide bonds. The molecular formula is C12H21ClO9. The summed E-state index contributed by atoms with van der Waals surface area (Å²) in [6, 6.07) is 0. The molecule has 2 saturated heterocycles. The molecule has 2 aliphatic rings. The molecule has 0 unspecified atom stereocenters. The van der Waals surface area contributed by atoms with Crippen LogP contribution >= 0.6 is 11.6 Å². The molecule has 130 valence electrons. The molecule has 10 heteroatoms. The van der Waals surface area contributed by atoms with Gasteiger partial charge in [0.1, 0.15) is 37.1 Å². The van der Waals surface area contributed by atoms with Gasteiger partial charge in [0.15, 0.2) is 6.29 Å². The molecule has 2 fully saturated rings. The van der Waals surface area contributed by atoms with Gasteiger partial charge in [-0.25, -0.2) is 0 Å². The normalized spacial score (nSPS) is 52.9. The van der Waals surface area contributed by atoms with Crippen LogP contribution in [-0.2, 0) is 14.2 Å². The molecule has 2 heterocycles. The van der Waals surface area contributed by atoms with Crippen LogP contribution in [0.2, 0.25) is 0 Å². The summed E-state index contributed by atoms with van der Waals surface area (Å²) in [6.45, 7) is 0.103. The largest absolute Gasteiger partial charge is 0.394 e. The van der Waals surface area contributed by atoms with Crippen molar-refractivity contribution in [2.75, 3.05) is 13.2 Å². The van der Waals surface area contributed by atoms with Crippen molar-refractivity contribution in [3.63, 3.8) is 0 Å². The Morgan fingerprint density at radius 1 is 1.09 bits per heavy atom. The third kappa shape index (κ3) is 2.98. The van der Waals surface area contributed by atoms with E-state index in [4.69, 9.17) is 25.8 Å². The van der Waals surface area contributed by atoms with E-state index in [1.165, 1.54) is 6.92 Å². The van der Waals surface area contributed by atoms with E-state index in [0.717, 1.165) is 0 Å². The lowest BCUT2D eigenvalue weighted by Crippen LogP contribution is -2.61. The number of rotatable bonds is 4. The number of aliphatic hydroxyl groups excluding tert-OH is 6. The van der Waals surface area contributed by atoms with Crippen molar-refractivity contribution in [3.8, 4) is 0 Å². The summed E-state index contributed by atoms with van der Waals surface area (Å²) in [4.78, 5) is 0. The van der Waals surface area contributed by atoms with Crippen LogP contribution in [0, 0.1) is 0 Å². The number of alkyl halides is 1. The second-order valence-corrected chi connectivity index (χ2v) is 6.00. The maximum absolute atomic E-state index is 10.0. The minimum Gasteiger partial charge on any atom is -0.394 e. The van der Waals surface area contributed by atoms with Crippen molar-refractivity contribution in [2.24, 2.45) is 0 Å². The van der Waals surface area contributed by atoms with Gasteiger partial charge in [-0.15, -0.1) is 11.6 Å². The zero-order valence-corrected chi connectivity index (χ0v) is 12.6. The van der Waals surface area contributed by atoms with E-state index >= 15 is 0 Å². The SMILES string of the molecule is C[C@H]1O[C@](CO)(O[C@H]2O[C@H](CO)[C@H](Cl)[C@H](O)[C@H]2O)[C@@H](O)[C@@H]1O.